The number of hydrogen-bond donors (Lipinski definition) is 0. The van der Waals surface area contributed by atoms with Crippen LogP contribution in [0.5, 0.6) is 0 Å². The molecule has 1 saturated heterocycles. The van der Waals surface area contributed by atoms with Crippen LogP contribution in [0.4, 0.5) is 4.39 Å². The van der Waals surface area contributed by atoms with Gasteiger partial charge in [0.05, 0.1) is 16.4 Å². The number of hydrogen-bond acceptors (Lipinski definition) is 5. The van der Waals surface area contributed by atoms with Gasteiger partial charge >= 0.3 is 0 Å². The summed E-state index contributed by atoms with van der Waals surface area (Å²) in [5.41, 5.74) is 3.34. The van der Waals surface area contributed by atoms with E-state index in [0.717, 1.165) is 49.3 Å². The SMILES string of the molecule is Cc1c(F)c(CN2CCC[C@H](C)C2)cc2c(=O)c(-c3cccc([C@]4(c5nncn5C)C[C@@H](C)C4)c3)coc12. The maximum Gasteiger partial charge on any atom is 0.200 e. The first-order valence-electron chi connectivity index (χ1n) is 13.7. The van der Waals surface area contributed by atoms with E-state index in [1.807, 2.05) is 23.7 Å². The molecule has 0 bridgehead atoms. The van der Waals surface area contributed by atoms with Crippen molar-refractivity contribution in [3.05, 3.63) is 81.5 Å². The lowest BCUT2D eigenvalue weighted by molar-refractivity contribution is 0.175. The minimum atomic E-state index is -0.279. The Morgan fingerprint density at radius 2 is 2.00 bits per heavy atom. The van der Waals surface area contributed by atoms with Gasteiger partial charge in [0.1, 0.15) is 29.8 Å². The maximum atomic E-state index is 15.4. The molecule has 1 aliphatic heterocycles. The molecule has 3 heterocycles. The van der Waals surface area contributed by atoms with Gasteiger partial charge in [0.15, 0.2) is 0 Å². The second kappa shape index (κ2) is 9.45. The number of benzene rings is 2. The fourth-order valence-corrected chi connectivity index (χ4v) is 6.85. The normalized spacial score (nSPS) is 24.0. The molecule has 2 aromatic carbocycles. The summed E-state index contributed by atoms with van der Waals surface area (Å²) in [5, 5.41) is 9.02. The summed E-state index contributed by atoms with van der Waals surface area (Å²) >= 11 is 0. The first-order chi connectivity index (χ1) is 18.3. The lowest BCUT2D eigenvalue weighted by Crippen LogP contribution is -2.43. The Bertz CT molecular complexity index is 1570. The average Bonchev–Trinajstić information content (AvgIpc) is 3.31. The smallest absolute Gasteiger partial charge is 0.200 e. The molecule has 38 heavy (non-hydrogen) atoms. The molecule has 2 aliphatic rings. The van der Waals surface area contributed by atoms with Crippen LogP contribution in [-0.2, 0) is 19.0 Å². The van der Waals surface area contributed by atoms with E-state index in [2.05, 4.69) is 41.1 Å². The van der Waals surface area contributed by atoms with Crippen LogP contribution in [0.25, 0.3) is 22.1 Å². The second-order valence-electron chi connectivity index (χ2n) is 11.8. The molecular weight excluding hydrogens is 479 g/mol. The Morgan fingerprint density at radius 3 is 2.71 bits per heavy atom. The lowest BCUT2D eigenvalue weighted by atomic mass is 9.58. The van der Waals surface area contributed by atoms with E-state index in [0.29, 0.717) is 46.0 Å². The highest BCUT2D eigenvalue weighted by Crippen LogP contribution is 2.51. The number of aryl methyl sites for hydroxylation is 2. The first kappa shape index (κ1) is 25.0. The zero-order valence-electron chi connectivity index (χ0n) is 22.6. The van der Waals surface area contributed by atoms with Crippen molar-refractivity contribution in [2.45, 2.75) is 58.4 Å². The Labute approximate surface area is 222 Å². The predicted octanol–water partition coefficient (Wildman–Crippen LogP) is 5.98. The van der Waals surface area contributed by atoms with Crippen molar-refractivity contribution in [2.75, 3.05) is 13.1 Å². The molecule has 2 aromatic heterocycles. The number of aromatic nitrogens is 3. The monoisotopic (exact) mass is 514 g/mol. The predicted molar refractivity (Wildman–Crippen MR) is 146 cm³/mol. The summed E-state index contributed by atoms with van der Waals surface area (Å²) in [4.78, 5) is 16.1. The van der Waals surface area contributed by atoms with Crippen LogP contribution in [0.1, 0.15) is 62.0 Å². The fraction of sp³-hybridized carbons (Fsp3) is 0.452. The third-order valence-electron chi connectivity index (χ3n) is 8.69. The van der Waals surface area contributed by atoms with Crippen LogP contribution >= 0.6 is 0 Å². The van der Waals surface area contributed by atoms with Crippen molar-refractivity contribution in [1.82, 2.24) is 19.7 Å². The minimum absolute atomic E-state index is 0.130. The zero-order valence-corrected chi connectivity index (χ0v) is 22.6. The third kappa shape index (κ3) is 4.08. The van der Waals surface area contributed by atoms with Gasteiger partial charge in [-0.2, -0.15) is 0 Å². The van der Waals surface area contributed by atoms with Gasteiger partial charge in [0.25, 0.3) is 0 Å². The van der Waals surface area contributed by atoms with E-state index >= 15 is 4.39 Å². The molecule has 2 fully saturated rings. The van der Waals surface area contributed by atoms with E-state index in [9.17, 15) is 4.79 Å². The molecule has 198 valence electrons. The van der Waals surface area contributed by atoms with Crippen LogP contribution in [0.15, 0.2) is 52.1 Å². The summed E-state index contributed by atoms with van der Waals surface area (Å²) in [6.45, 7) is 8.59. The molecule has 0 N–H and O–H groups in total. The molecule has 1 atom stereocenters. The van der Waals surface area contributed by atoms with Gasteiger partial charge in [0, 0.05) is 31.3 Å². The number of likely N-dealkylation sites (tertiary alicyclic amines) is 1. The Hall–Kier alpha value is -3.32. The molecule has 1 aliphatic carbocycles. The molecule has 6 rings (SSSR count). The molecule has 0 unspecified atom stereocenters. The molecule has 0 amide bonds. The van der Waals surface area contributed by atoms with Crippen molar-refractivity contribution in [3.63, 3.8) is 0 Å². The van der Waals surface area contributed by atoms with Crippen LogP contribution in [0.2, 0.25) is 0 Å². The number of nitrogens with zero attached hydrogens (tertiary/aromatic N) is 4. The topological polar surface area (TPSA) is 64.2 Å². The van der Waals surface area contributed by atoms with Gasteiger partial charge < -0.3 is 8.98 Å². The highest BCUT2D eigenvalue weighted by Gasteiger charge is 2.48. The summed E-state index contributed by atoms with van der Waals surface area (Å²) in [6.07, 6.45) is 7.51. The molecule has 0 spiro atoms. The molecule has 6 nitrogen and oxygen atoms in total. The van der Waals surface area contributed by atoms with Crippen molar-refractivity contribution < 1.29 is 8.81 Å². The van der Waals surface area contributed by atoms with E-state index in [4.69, 9.17) is 4.42 Å². The Balaban J connectivity index is 1.42. The van der Waals surface area contributed by atoms with Gasteiger partial charge in [-0.05, 0) is 74.2 Å². The number of fused-ring (bicyclic) bond motifs is 1. The fourth-order valence-electron chi connectivity index (χ4n) is 6.85. The van der Waals surface area contributed by atoms with Crippen LogP contribution in [-0.4, -0.2) is 32.8 Å². The summed E-state index contributed by atoms with van der Waals surface area (Å²) in [5.74, 6) is 1.85. The molecular formula is C31H35FN4O2. The third-order valence-corrected chi connectivity index (χ3v) is 8.69. The molecule has 0 radical (unpaired) electrons. The van der Waals surface area contributed by atoms with Crippen molar-refractivity contribution in [1.29, 1.82) is 0 Å². The number of halogens is 1. The van der Waals surface area contributed by atoms with Crippen molar-refractivity contribution >= 4 is 11.0 Å². The van der Waals surface area contributed by atoms with E-state index in [-0.39, 0.29) is 16.7 Å². The quantitative estimate of drug-likeness (QED) is 0.328. The summed E-state index contributed by atoms with van der Waals surface area (Å²) < 4.78 is 23.3. The molecule has 7 heteroatoms. The first-order valence-corrected chi connectivity index (χ1v) is 13.7. The lowest BCUT2D eigenvalue weighted by Gasteiger charge is -2.46. The molecule has 4 aromatic rings. The summed E-state index contributed by atoms with van der Waals surface area (Å²) in [7, 11) is 1.98. The Morgan fingerprint density at radius 1 is 1.18 bits per heavy atom. The van der Waals surface area contributed by atoms with Gasteiger partial charge in [-0.1, -0.05) is 32.0 Å². The van der Waals surface area contributed by atoms with Gasteiger partial charge in [0.2, 0.25) is 5.43 Å². The van der Waals surface area contributed by atoms with Crippen molar-refractivity contribution in [2.24, 2.45) is 18.9 Å². The van der Waals surface area contributed by atoms with E-state index in [1.165, 1.54) is 12.7 Å². The van der Waals surface area contributed by atoms with E-state index in [1.54, 1.807) is 19.3 Å². The minimum Gasteiger partial charge on any atom is -0.463 e. The zero-order chi connectivity index (χ0) is 26.6. The van der Waals surface area contributed by atoms with Crippen molar-refractivity contribution in [3.8, 4) is 11.1 Å². The molecule has 1 saturated carbocycles. The average molecular weight is 515 g/mol. The summed E-state index contributed by atoms with van der Waals surface area (Å²) in [6, 6.07) is 9.86. The number of piperidine rings is 1. The van der Waals surface area contributed by atoms with Gasteiger partial charge in [-0.25, -0.2) is 4.39 Å². The number of rotatable bonds is 5. The van der Waals surface area contributed by atoms with E-state index < -0.39 is 0 Å². The van der Waals surface area contributed by atoms with Crippen LogP contribution in [0.3, 0.4) is 0 Å². The van der Waals surface area contributed by atoms with Gasteiger partial charge in [-0.3, -0.25) is 9.69 Å². The highest BCUT2D eigenvalue weighted by molar-refractivity contribution is 5.85. The van der Waals surface area contributed by atoms with Gasteiger partial charge in [-0.15, -0.1) is 10.2 Å². The Kier molecular flexibility index (Phi) is 6.22. The second-order valence-corrected chi connectivity index (χ2v) is 11.8. The van der Waals surface area contributed by atoms with Crippen LogP contribution in [0, 0.1) is 24.6 Å². The highest BCUT2D eigenvalue weighted by atomic mass is 19.1. The standard InChI is InChI=1S/C31H35FN4O2/c1-19-7-6-10-36(15-19)16-23-12-25-28(37)26(17-38-29(25)21(3)27(23)32)22-8-5-9-24(11-22)31(13-20(2)14-31)30-34-33-18-35(30)4/h5,8-9,11-12,17-20H,6-7,10,13-16H2,1-4H3/t19-,20-,31+/m0/s1. The largest absolute Gasteiger partial charge is 0.463 e. The maximum absolute atomic E-state index is 15.4. The van der Waals surface area contributed by atoms with Crippen LogP contribution < -0.4 is 5.43 Å².